The maximum absolute atomic E-state index is 11.3. The Kier molecular flexibility index (Phi) is 2.79. The first-order valence-electron chi connectivity index (χ1n) is 6.35. The molecule has 3 rings (SSSR count). The summed E-state index contributed by atoms with van der Waals surface area (Å²) < 4.78 is 0. The molecule has 1 heterocycles. The Morgan fingerprint density at radius 1 is 1.35 bits per heavy atom. The van der Waals surface area contributed by atoms with Crippen LogP contribution in [0.3, 0.4) is 0 Å². The van der Waals surface area contributed by atoms with Gasteiger partial charge in [-0.3, -0.25) is 4.79 Å². The summed E-state index contributed by atoms with van der Waals surface area (Å²) in [6, 6.07) is 0. The number of allylic oxidation sites excluding steroid dienone is 1. The van der Waals surface area contributed by atoms with Gasteiger partial charge in [-0.25, -0.2) is 0 Å². The number of aryl methyl sites for hydroxylation is 1. The number of aldehydes is 1. The Labute approximate surface area is 106 Å². The lowest BCUT2D eigenvalue weighted by atomic mass is 9.96. The fraction of sp³-hybridized carbons (Fsp3) is 0.500. The lowest BCUT2D eigenvalue weighted by molar-refractivity contribution is 0.112. The number of anilines is 1. The molecule has 2 nitrogen and oxygen atoms in total. The van der Waals surface area contributed by atoms with Crippen molar-refractivity contribution in [1.29, 1.82) is 0 Å². The van der Waals surface area contributed by atoms with Crippen LogP contribution in [0.15, 0.2) is 12.3 Å². The van der Waals surface area contributed by atoms with Crippen molar-refractivity contribution in [3.05, 3.63) is 28.3 Å². The van der Waals surface area contributed by atoms with E-state index in [0.717, 1.165) is 35.4 Å². The van der Waals surface area contributed by atoms with Gasteiger partial charge in [0.05, 0.1) is 5.56 Å². The van der Waals surface area contributed by atoms with Gasteiger partial charge in [-0.2, -0.15) is 0 Å². The number of thiophene rings is 1. The van der Waals surface area contributed by atoms with Crippen LogP contribution in [-0.4, -0.2) is 6.29 Å². The monoisotopic (exact) mass is 247 g/mol. The van der Waals surface area contributed by atoms with E-state index < -0.39 is 0 Å². The number of carbonyl (C=O) groups excluding carboxylic acids is 1. The van der Waals surface area contributed by atoms with Crippen LogP contribution in [0.4, 0.5) is 5.00 Å². The number of rotatable bonds is 4. The summed E-state index contributed by atoms with van der Waals surface area (Å²) in [5.41, 5.74) is 3.28. The first-order valence-corrected chi connectivity index (χ1v) is 7.16. The first kappa shape index (κ1) is 11.0. The van der Waals surface area contributed by atoms with Crippen molar-refractivity contribution in [3.63, 3.8) is 0 Å². The predicted octanol–water partition coefficient (Wildman–Crippen LogP) is 3.78. The fourth-order valence-electron chi connectivity index (χ4n) is 2.49. The van der Waals surface area contributed by atoms with Crippen molar-refractivity contribution in [2.75, 3.05) is 5.32 Å². The largest absolute Gasteiger partial charge is 0.350 e. The lowest BCUT2D eigenvalue weighted by Crippen LogP contribution is -2.03. The average Bonchev–Trinajstić information content (AvgIpc) is 3.11. The van der Waals surface area contributed by atoms with Crippen LogP contribution in [0.2, 0.25) is 0 Å². The molecule has 2 aliphatic rings. The Morgan fingerprint density at radius 2 is 2.12 bits per heavy atom. The normalized spacial score (nSPS) is 18.6. The van der Waals surface area contributed by atoms with Gasteiger partial charge in [0.2, 0.25) is 0 Å². The smallest absolute Gasteiger partial charge is 0.153 e. The molecule has 17 heavy (non-hydrogen) atoms. The molecular formula is C14H17NOS. The molecule has 1 aromatic heterocycles. The van der Waals surface area contributed by atoms with E-state index in [0.29, 0.717) is 5.92 Å². The molecule has 0 unspecified atom stereocenters. The highest BCUT2D eigenvalue weighted by molar-refractivity contribution is 7.16. The molecule has 0 saturated heterocycles. The molecule has 0 radical (unpaired) electrons. The Hall–Kier alpha value is -1.09. The Morgan fingerprint density at radius 3 is 2.82 bits per heavy atom. The van der Waals surface area contributed by atoms with Gasteiger partial charge in [0, 0.05) is 10.6 Å². The Bertz CT molecular complexity index is 471. The molecule has 0 amide bonds. The van der Waals surface area contributed by atoms with Gasteiger partial charge in [-0.15, -0.1) is 11.3 Å². The number of carbonyl (C=O) groups is 1. The first-order chi connectivity index (χ1) is 8.29. The highest BCUT2D eigenvalue weighted by Gasteiger charge is 2.27. The minimum atomic E-state index is 0.633. The number of fused-ring (bicyclic) bond motifs is 1. The molecule has 1 aromatic rings. The maximum atomic E-state index is 11.3. The molecule has 90 valence electrons. The van der Waals surface area contributed by atoms with Crippen LogP contribution in [-0.2, 0) is 12.8 Å². The van der Waals surface area contributed by atoms with E-state index in [1.54, 1.807) is 11.3 Å². The molecule has 3 heteroatoms. The van der Waals surface area contributed by atoms with Gasteiger partial charge in [0.15, 0.2) is 6.29 Å². The summed E-state index contributed by atoms with van der Waals surface area (Å²) in [5.74, 6) is 0.633. The molecule has 1 saturated carbocycles. The standard InChI is InChI=1S/C14H17NOS/c1-9(10-6-7-10)15-14-12(8-16)11-4-2-3-5-13(11)17-14/h8,10,15H,1-7H2. The van der Waals surface area contributed by atoms with Crippen molar-refractivity contribution in [1.82, 2.24) is 0 Å². The fourth-order valence-corrected chi connectivity index (χ4v) is 3.78. The number of hydrogen-bond donors (Lipinski definition) is 1. The van der Waals surface area contributed by atoms with E-state index in [2.05, 4.69) is 11.9 Å². The van der Waals surface area contributed by atoms with Gasteiger partial charge in [0.1, 0.15) is 5.00 Å². The van der Waals surface area contributed by atoms with Gasteiger partial charge < -0.3 is 5.32 Å². The molecule has 0 atom stereocenters. The van der Waals surface area contributed by atoms with E-state index in [9.17, 15) is 4.79 Å². The second-order valence-corrected chi connectivity index (χ2v) is 6.10. The second-order valence-electron chi connectivity index (χ2n) is 5.00. The summed E-state index contributed by atoms with van der Waals surface area (Å²) in [5, 5.41) is 4.40. The van der Waals surface area contributed by atoms with Crippen LogP contribution in [0.25, 0.3) is 0 Å². The highest BCUT2D eigenvalue weighted by atomic mass is 32.1. The average molecular weight is 247 g/mol. The Balaban J connectivity index is 1.89. The van der Waals surface area contributed by atoms with Crippen molar-refractivity contribution in [2.45, 2.75) is 38.5 Å². The van der Waals surface area contributed by atoms with Crippen molar-refractivity contribution < 1.29 is 4.79 Å². The van der Waals surface area contributed by atoms with Crippen LogP contribution in [0.5, 0.6) is 0 Å². The van der Waals surface area contributed by atoms with Gasteiger partial charge in [0.25, 0.3) is 0 Å². The third-order valence-electron chi connectivity index (χ3n) is 3.67. The van der Waals surface area contributed by atoms with E-state index in [1.165, 1.54) is 36.1 Å². The van der Waals surface area contributed by atoms with E-state index >= 15 is 0 Å². The summed E-state index contributed by atoms with van der Waals surface area (Å²) in [4.78, 5) is 12.7. The molecule has 0 aromatic carbocycles. The SMILES string of the molecule is C=C(Nc1sc2c(c1C=O)CCCC2)C1CC1. The zero-order chi connectivity index (χ0) is 11.8. The van der Waals surface area contributed by atoms with Crippen LogP contribution in [0, 0.1) is 5.92 Å². The second kappa shape index (κ2) is 4.30. The van der Waals surface area contributed by atoms with Crippen molar-refractivity contribution in [2.24, 2.45) is 5.92 Å². The minimum absolute atomic E-state index is 0.633. The number of nitrogens with one attached hydrogen (secondary N) is 1. The quantitative estimate of drug-likeness (QED) is 0.820. The molecule has 2 aliphatic carbocycles. The summed E-state index contributed by atoms with van der Waals surface area (Å²) in [7, 11) is 0. The topological polar surface area (TPSA) is 29.1 Å². The zero-order valence-corrected chi connectivity index (χ0v) is 10.7. The van der Waals surface area contributed by atoms with Gasteiger partial charge in [-0.05, 0) is 50.0 Å². The van der Waals surface area contributed by atoms with E-state index in [4.69, 9.17) is 0 Å². The highest BCUT2D eigenvalue weighted by Crippen LogP contribution is 2.41. The van der Waals surface area contributed by atoms with E-state index in [-0.39, 0.29) is 0 Å². The van der Waals surface area contributed by atoms with Gasteiger partial charge >= 0.3 is 0 Å². The third-order valence-corrected chi connectivity index (χ3v) is 4.90. The number of hydrogen-bond acceptors (Lipinski definition) is 3. The molecule has 1 fully saturated rings. The van der Waals surface area contributed by atoms with Crippen LogP contribution in [0.1, 0.15) is 46.5 Å². The lowest BCUT2D eigenvalue weighted by Gasteiger charge is -2.10. The van der Waals surface area contributed by atoms with Crippen LogP contribution >= 0.6 is 11.3 Å². The molecular weight excluding hydrogens is 230 g/mol. The third kappa shape index (κ3) is 2.04. The summed E-state index contributed by atoms with van der Waals surface area (Å²) in [6.07, 6.45) is 8.18. The molecule has 0 spiro atoms. The minimum Gasteiger partial charge on any atom is -0.350 e. The van der Waals surface area contributed by atoms with Crippen molar-refractivity contribution >= 4 is 22.6 Å². The van der Waals surface area contributed by atoms with Gasteiger partial charge in [-0.1, -0.05) is 6.58 Å². The summed E-state index contributed by atoms with van der Waals surface area (Å²) >= 11 is 1.76. The predicted molar refractivity (Wildman–Crippen MR) is 71.8 cm³/mol. The zero-order valence-electron chi connectivity index (χ0n) is 9.92. The summed E-state index contributed by atoms with van der Waals surface area (Å²) in [6.45, 7) is 4.07. The molecule has 0 aliphatic heterocycles. The van der Waals surface area contributed by atoms with Crippen LogP contribution < -0.4 is 5.32 Å². The molecule has 0 bridgehead atoms. The maximum Gasteiger partial charge on any atom is 0.153 e. The van der Waals surface area contributed by atoms with Crippen molar-refractivity contribution in [3.8, 4) is 0 Å². The molecule has 1 N–H and O–H groups in total. The van der Waals surface area contributed by atoms with E-state index in [1.807, 2.05) is 0 Å².